The number of para-hydroxylation sites is 4. The van der Waals surface area contributed by atoms with Crippen LogP contribution in [0.15, 0.2) is 167 Å². The molecule has 1 aliphatic carbocycles. The van der Waals surface area contributed by atoms with Crippen LogP contribution in [-0.2, 0) is 0 Å². The van der Waals surface area contributed by atoms with Gasteiger partial charge in [-0.1, -0.05) is 121 Å². The zero-order chi connectivity index (χ0) is 35.2. The van der Waals surface area contributed by atoms with E-state index in [1.54, 1.807) is 0 Å². The molecule has 1 aliphatic rings. The fourth-order valence-electron chi connectivity index (χ4n) is 9.11. The zero-order valence-corrected chi connectivity index (χ0v) is 30.0. The van der Waals surface area contributed by atoms with Gasteiger partial charge in [-0.15, -0.1) is 12.6 Å². The van der Waals surface area contributed by atoms with Gasteiger partial charge in [-0.2, -0.15) is 0 Å². The van der Waals surface area contributed by atoms with Gasteiger partial charge >= 0.3 is 0 Å². The van der Waals surface area contributed by atoms with Crippen LogP contribution in [0.4, 0.5) is 0 Å². The Hall–Kier alpha value is -6.23. The number of hydrogen-bond donors (Lipinski definition) is 1. The minimum absolute atomic E-state index is 0.0351. The van der Waals surface area contributed by atoms with E-state index in [9.17, 15) is 0 Å². The summed E-state index contributed by atoms with van der Waals surface area (Å²) in [5, 5.41) is 6.20. The summed E-state index contributed by atoms with van der Waals surface area (Å²) in [5.74, 6) is 0.925. The van der Waals surface area contributed by atoms with Crippen molar-refractivity contribution in [3.8, 4) is 27.9 Å². The molecule has 0 saturated carbocycles. The van der Waals surface area contributed by atoms with Gasteiger partial charge in [0.15, 0.2) is 0 Å². The Labute approximate surface area is 312 Å². The summed E-state index contributed by atoms with van der Waals surface area (Å²) in [4.78, 5) is 0.951. The lowest BCUT2D eigenvalue weighted by molar-refractivity contribution is 0.563. The van der Waals surface area contributed by atoms with Gasteiger partial charge in [-0.05, 0) is 72.5 Å². The molecule has 11 rings (SSSR count). The number of aryl methyl sites for hydroxylation is 1. The number of benzene rings is 7. The van der Waals surface area contributed by atoms with E-state index >= 15 is 0 Å². The molecular formula is C49H34N2OS. The Morgan fingerprint density at radius 3 is 2.15 bits per heavy atom. The molecule has 252 valence electrons. The molecule has 0 fully saturated rings. The molecule has 3 heterocycles. The third-order valence-corrected chi connectivity index (χ3v) is 11.7. The third-order valence-electron chi connectivity index (χ3n) is 11.3. The molecule has 0 radical (unpaired) electrons. The largest absolute Gasteiger partial charge is 0.456 e. The lowest BCUT2D eigenvalue weighted by Crippen LogP contribution is -2.12. The number of nitrogens with zero attached hydrogens (tertiary/aromatic N) is 2. The van der Waals surface area contributed by atoms with E-state index in [1.807, 2.05) is 0 Å². The van der Waals surface area contributed by atoms with Crippen molar-refractivity contribution in [2.24, 2.45) is 0 Å². The monoisotopic (exact) mass is 698 g/mol. The number of hydrogen-bond acceptors (Lipinski definition) is 2. The predicted octanol–water partition coefficient (Wildman–Crippen LogP) is 13.6. The number of furan rings is 1. The van der Waals surface area contributed by atoms with Crippen molar-refractivity contribution in [1.29, 1.82) is 0 Å². The molecule has 0 aliphatic heterocycles. The van der Waals surface area contributed by atoms with Gasteiger partial charge in [0.25, 0.3) is 0 Å². The Morgan fingerprint density at radius 1 is 0.585 bits per heavy atom. The Kier molecular flexibility index (Phi) is 6.68. The summed E-state index contributed by atoms with van der Waals surface area (Å²) in [5.41, 5.74) is 13.9. The number of rotatable bonds is 4. The normalized spacial score (nSPS) is 14.3. The standard InChI is InChI=1S/C49H34N2OS/c1-30-14-5-6-17-32(30)45-34(20-12-27-44(45)53)36-21-11-22-38-46-41(25-13-26-43(46)52-49(36)38)51-40-24-10-8-19-37(40)47-42(51)29-28-35-33-18-7-9-23-39(33)50(48(35)47)31-15-3-2-4-16-31/h2-24,26-29,41,53H,25H2,1H3. The van der Waals surface area contributed by atoms with Crippen molar-refractivity contribution in [1.82, 2.24) is 9.13 Å². The van der Waals surface area contributed by atoms with Crippen LogP contribution in [0.3, 0.4) is 0 Å². The average molecular weight is 699 g/mol. The predicted molar refractivity (Wildman–Crippen MR) is 225 cm³/mol. The molecular weight excluding hydrogens is 665 g/mol. The van der Waals surface area contributed by atoms with Gasteiger partial charge in [0.05, 0.1) is 22.6 Å². The molecule has 3 aromatic heterocycles. The molecule has 0 N–H and O–H groups in total. The molecule has 10 aromatic rings. The van der Waals surface area contributed by atoms with Crippen molar-refractivity contribution in [2.45, 2.75) is 24.3 Å². The summed E-state index contributed by atoms with van der Waals surface area (Å²) >= 11 is 4.99. The third kappa shape index (κ3) is 4.36. The summed E-state index contributed by atoms with van der Waals surface area (Å²) in [6.07, 6.45) is 5.31. The first-order valence-electron chi connectivity index (χ1n) is 18.3. The lowest BCUT2D eigenvalue weighted by Gasteiger charge is -2.23. The second-order valence-corrected chi connectivity index (χ2v) is 14.6. The molecule has 0 amide bonds. The highest BCUT2D eigenvalue weighted by molar-refractivity contribution is 7.80. The summed E-state index contributed by atoms with van der Waals surface area (Å²) in [6.45, 7) is 2.17. The molecule has 7 aromatic carbocycles. The van der Waals surface area contributed by atoms with Crippen LogP contribution in [0.1, 0.15) is 29.3 Å². The van der Waals surface area contributed by atoms with Crippen molar-refractivity contribution in [3.63, 3.8) is 0 Å². The van der Waals surface area contributed by atoms with Gasteiger partial charge in [0, 0.05) is 59.7 Å². The minimum atomic E-state index is 0.0351. The SMILES string of the molecule is Cc1ccccc1-c1c(S)cccc1-c1cccc2c3c(oc12)C=CCC3n1c2ccccc2c2c3c(ccc21)c1ccccc1n3-c1ccccc1. The second kappa shape index (κ2) is 11.6. The van der Waals surface area contributed by atoms with E-state index < -0.39 is 0 Å². The highest BCUT2D eigenvalue weighted by Gasteiger charge is 2.30. The Balaban J connectivity index is 1.19. The Morgan fingerprint density at radius 2 is 1.28 bits per heavy atom. The molecule has 0 bridgehead atoms. The molecule has 1 unspecified atom stereocenters. The van der Waals surface area contributed by atoms with Crippen LogP contribution >= 0.6 is 12.6 Å². The van der Waals surface area contributed by atoms with Gasteiger partial charge in [-0.25, -0.2) is 0 Å². The van der Waals surface area contributed by atoms with E-state index in [0.29, 0.717) is 0 Å². The maximum atomic E-state index is 6.95. The van der Waals surface area contributed by atoms with Crippen molar-refractivity contribution in [2.75, 3.05) is 0 Å². The Bertz CT molecular complexity index is 3120. The van der Waals surface area contributed by atoms with Crippen LogP contribution in [0.25, 0.3) is 88.6 Å². The lowest BCUT2D eigenvalue weighted by atomic mass is 9.90. The molecule has 0 spiro atoms. The highest BCUT2D eigenvalue weighted by Crippen LogP contribution is 2.48. The first kappa shape index (κ1) is 30.4. The van der Waals surface area contributed by atoms with Crippen LogP contribution in [-0.4, -0.2) is 9.13 Å². The topological polar surface area (TPSA) is 23.0 Å². The van der Waals surface area contributed by atoms with E-state index in [-0.39, 0.29) is 6.04 Å². The first-order chi connectivity index (χ1) is 26.2. The molecule has 53 heavy (non-hydrogen) atoms. The number of allylic oxidation sites excluding steroid dienone is 1. The van der Waals surface area contributed by atoms with E-state index in [1.165, 1.54) is 60.3 Å². The summed E-state index contributed by atoms with van der Waals surface area (Å²) < 4.78 is 12.0. The summed E-state index contributed by atoms with van der Waals surface area (Å²) in [7, 11) is 0. The maximum Gasteiger partial charge on any atom is 0.142 e. The first-order valence-corrected chi connectivity index (χ1v) is 18.7. The fourth-order valence-corrected chi connectivity index (χ4v) is 9.44. The van der Waals surface area contributed by atoms with Gasteiger partial charge in [0.2, 0.25) is 0 Å². The van der Waals surface area contributed by atoms with Crippen LogP contribution < -0.4 is 0 Å². The van der Waals surface area contributed by atoms with Crippen LogP contribution in [0.5, 0.6) is 0 Å². The quantitative estimate of drug-likeness (QED) is 0.182. The number of thiol groups is 1. The average Bonchev–Trinajstić information content (AvgIpc) is 3.86. The van der Waals surface area contributed by atoms with Crippen LogP contribution in [0.2, 0.25) is 0 Å². The van der Waals surface area contributed by atoms with Gasteiger partial charge in [-0.3, -0.25) is 0 Å². The van der Waals surface area contributed by atoms with Gasteiger partial charge < -0.3 is 13.6 Å². The van der Waals surface area contributed by atoms with Crippen molar-refractivity contribution in [3.05, 3.63) is 175 Å². The second-order valence-electron chi connectivity index (χ2n) is 14.2. The van der Waals surface area contributed by atoms with Gasteiger partial charge in [0.1, 0.15) is 11.3 Å². The number of fused-ring (bicyclic) bond motifs is 10. The number of aromatic nitrogens is 2. The molecule has 3 nitrogen and oxygen atoms in total. The zero-order valence-electron chi connectivity index (χ0n) is 29.1. The minimum Gasteiger partial charge on any atom is -0.456 e. The fraction of sp³-hybridized carbons (Fsp3) is 0.0612. The molecule has 4 heteroatoms. The smallest absolute Gasteiger partial charge is 0.142 e. The van der Waals surface area contributed by atoms with Crippen LogP contribution in [0, 0.1) is 6.92 Å². The van der Waals surface area contributed by atoms with E-state index in [0.717, 1.165) is 50.4 Å². The summed E-state index contributed by atoms with van der Waals surface area (Å²) in [6, 6.07) is 54.8. The maximum absolute atomic E-state index is 6.95. The van der Waals surface area contributed by atoms with Crippen molar-refractivity contribution < 1.29 is 4.42 Å². The highest BCUT2D eigenvalue weighted by atomic mass is 32.1. The molecule has 0 saturated heterocycles. The molecule has 1 atom stereocenters. The van der Waals surface area contributed by atoms with E-state index in [2.05, 4.69) is 180 Å². The van der Waals surface area contributed by atoms with Crippen molar-refractivity contribution >= 4 is 73.3 Å². The van der Waals surface area contributed by atoms with E-state index in [4.69, 9.17) is 17.0 Å².